The fourth-order valence-electron chi connectivity index (χ4n) is 2.09. The van der Waals surface area contributed by atoms with E-state index in [0.29, 0.717) is 6.04 Å². The van der Waals surface area contributed by atoms with E-state index in [-0.39, 0.29) is 0 Å². The largest absolute Gasteiger partial charge is 0.313 e. The van der Waals surface area contributed by atoms with Crippen molar-refractivity contribution in [2.45, 2.75) is 52.0 Å². The normalized spacial score (nSPS) is 20.1. The SMILES string of the molecule is CCCCC(C)NCCN1CCCC1. The maximum absolute atomic E-state index is 3.60. The highest BCUT2D eigenvalue weighted by Crippen LogP contribution is 2.06. The molecular formula is C12H26N2. The zero-order valence-electron chi connectivity index (χ0n) is 9.89. The molecule has 1 atom stereocenters. The molecule has 2 heteroatoms. The van der Waals surface area contributed by atoms with Gasteiger partial charge in [0.2, 0.25) is 0 Å². The Bertz CT molecular complexity index is 130. The van der Waals surface area contributed by atoms with Crippen LogP contribution in [-0.4, -0.2) is 37.1 Å². The second-order valence-electron chi connectivity index (χ2n) is 4.55. The lowest BCUT2D eigenvalue weighted by molar-refractivity contribution is 0.326. The van der Waals surface area contributed by atoms with Crippen molar-refractivity contribution in [1.82, 2.24) is 10.2 Å². The molecule has 1 aliphatic rings. The number of hydrogen-bond acceptors (Lipinski definition) is 2. The molecule has 0 bridgehead atoms. The molecule has 1 unspecified atom stereocenters. The first-order valence-corrected chi connectivity index (χ1v) is 6.28. The molecule has 1 rings (SSSR count). The Kier molecular flexibility index (Phi) is 6.20. The van der Waals surface area contributed by atoms with Gasteiger partial charge in [0, 0.05) is 19.1 Å². The number of nitrogens with one attached hydrogen (secondary N) is 1. The highest BCUT2D eigenvalue weighted by atomic mass is 15.1. The van der Waals surface area contributed by atoms with Crippen molar-refractivity contribution >= 4 is 0 Å². The zero-order chi connectivity index (χ0) is 10.2. The minimum atomic E-state index is 0.706. The van der Waals surface area contributed by atoms with Gasteiger partial charge in [-0.15, -0.1) is 0 Å². The van der Waals surface area contributed by atoms with Gasteiger partial charge in [0.25, 0.3) is 0 Å². The number of unbranched alkanes of at least 4 members (excludes halogenated alkanes) is 1. The van der Waals surface area contributed by atoms with Gasteiger partial charge >= 0.3 is 0 Å². The van der Waals surface area contributed by atoms with E-state index in [0.717, 1.165) is 0 Å². The molecule has 0 aliphatic carbocycles. The van der Waals surface area contributed by atoms with E-state index in [9.17, 15) is 0 Å². The Morgan fingerprint density at radius 3 is 2.64 bits per heavy atom. The van der Waals surface area contributed by atoms with E-state index in [1.165, 1.54) is 58.3 Å². The number of hydrogen-bond donors (Lipinski definition) is 1. The third-order valence-electron chi connectivity index (χ3n) is 3.11. The summed E-state index contributed by atoms with van der Waals surface area (Å²) in [5.41, 5.74) is 0. The average molecular weight is 198 g/mol. The first kappa shape index (κ1) is 12.0. The summed E-state index contributed by atoms with van der Waals surface area (Å²) in [6.07, 6.45) is 6.82. The van der Waals surface area contributed by atoms with Crippen molar-refractivity contribution in [3.63, 3.8) is 0 Å². The van der Waals surface area contributed by atoms with Gasteiger partial charge < -0.3 is 10.2 Å². The average Bonchev–Trinajstić information content (AvgIpc) is 2.67. The van der Waals surface area contributed by atoms with Crippen LogP contribution in [0.4, 0.5) is 0 Å². The van der Waals surface area contributed by atoms with Crippen molar-refractivity contribution < 1.29 is 0 Å². The van der Waals surface area contributed by atoms with Gasteiger partial charge in [0.15, 0.2) is 0 Å². The van der Waals surface area contributed by atoms with Crippen LogP contribution in [0.5, 0.6) is 0 Å². The Morgan fingerprint density at radius 2 is 2.00 bits per heavy atom. The third-order valence-corrected chi connectivity index (χ3v) is 3.11. The van der Waals surface area contributed by atoms with Crippen molar-refractivity contribution in [3.8, 4) is 0 Å². The number of likely N-dealkylation sites (tertiary alicyclic amines) is 1. The molecule has 0 spiro atoms. The predicted molar refractivity (Wildman–Crippen MR) is 62.7 cm³/mol. The highest BCUT2D eigenvalue weighted by molar-refractivity contribution is 4.68. The second-order valence-corrected chi connectivity index (χ2v) is 4.55. The van der Waals surface area contributed by atoms with Gasteiger partial charge in [-0.3, -0.25) is 0 Å². The summed E-state index contributed by atoms with van der Waals surface area (Å²) in [4.78, 5) is 2.57. The van der Waals surface area contributed by atoms with Crippen LogP contribution in [-0.2, 0) is 0 Å². The van der Waals surface area contributed by atoms with Gasteiger partial charge in [0.1, 0.15) is 0 Å². The van der Waals surface area contributed by atoms with E-state index in [2.05, 4.69) is 24.1 Å². The highest BCUT2D eigenvalue weighted by Gasteiger charge is 2.10. The monoisotopic (exact) mass is 198 g/mol. The molecule has 14 heavy (non-hydrogen) atoms. The number of nitrogens with zero attached hydrogens (tertiary/aromatic N) is 1. The summed E-state index contributed by atoms with van der Waals surface area (Å²) < 4.78 is 0. The second kappa shape index (κ2) is 7.24. The maximum atomic E-state index is 3.60. The molecule has 1 aliphatic heterocycles. The molecule has 2 nitrogen and oxygen atoms in total. The molecule has 1 saturated heterocycles. The van der Waals surface area contributed by atoms with Gasteiger partial charge in [0.05, 0.1) is 0 Å². The predicted octanol–water partition coefficient (Wildman–Crippen LogP) is 2.25. The molecule has 0 aromatic heterocycles. The van der Waals surface area contributed by atoms with Crippen LogP contribution in [0, 0.1) is 0 Å². The smallest absolute Gasteiger partial charge is 0.0107 e. The molecule has 0 saturated carbocycles. The summed E-state index contributed by atoms with van der Waals surface area (Å²) in [5, 5.41) is 3.60. The van der Waals surface area contributed by atoms with E-state index in [1.807, 2.05) is 0 Å². The van der Waals surface area contributed by atoms with E-state index < -0.39 is 0 Å². The van der Waals surface area contributed by atoms with Crippen molar-refractivity contribution in [2.75, 3.05) is 26.2 Å². The van der Waals surface area contributed by atoms with Crippen molar-refractivity contribution in [3.05, 3.63) is 0 Å². The first-order valence-electron chi connectivity index (χ1n) is 6.28. The topological polar surface area (TPSA) is 15.3 Å². The van der Waals surface area contributed by atoms with Crippen LogP contribution in [0.2, 0.25) is 0 Å². The van der Waals surface area contributed by atoms with Gasteiger partial charge in [-0.05, 0) is 39.3 Å². The summed E-state index contributed by atoms with van der Waals surface area (Å²) in [6.45, 7) is 9.63. The fourth-order valence-corrected chi connectivity index (χ4v) is 2.09. The first-order chi connectivity index (χ1) is 6.83. The van der Waals surface area contributed by atoms with Gasteiger partial charge in [-0.2, -0.15) is 0 Å². The summed E-state index contributed by atoms with van der Waals surface area (Å²) >= 11 is 0. The van der Waals surface area contributed by atoms with E-state index >= 15 is 0 Å². The summed E-state index contributed by atoms with van der Waals surface area (Å²) in [6, 6.07) is 0.706. The van der Waals surface area contributed by atoms with Crippen LogP contribution in [0.25, 0.3) is 0 Å². The van der Waals surface area contributed by atoms with Crippen molar-refractivity contribution in [1.29, 1.82) is 0 Å². The Balaban J connectivity index is 1.91. The van der Waals surface area contributed by atoms with E-state index in [1.54, 1.807) is 0 Å². The summed E-state index contributed by atoms with van der Waals surface area (Å²) in [7, 11) is 0. The molecular weight excluding hydrogens is 172 g/mol. The van der Waals surface area contributed by atoms with Crippen LogP contribution in [0.15, 0.2) is 0 Å². The van der Waals surface area contributed by atoms with Crippen LogP contribution in [0.1, 0.15) is 46.0 Å². The van der Waals surface area contributed by atoms with E-state index in [4.69, 9.17) is 0 Å². The van der Waals surface area contributed by atoms with Crippen LogP contribution < -0.4 is 5.32 Å². The van der Waals surface area contributed by atoms with Gasteiger partial charge in [-0.1, -0.05) is 19.8 Å². The lowest BCUT2D eigenvalue weighted by Gasteiger charge is -2.18. The zero-order valence-corrected chi connectivity index (χ0v) is 9.89. The minimum Gasteiger partial charge on any atom is -0.313 e. The van der Waals surface area contributed by atoms with Crippen LogP contribution in [0.3, 0.4) is 0 Å². The fraction of sp³-hybridized carbons (Fsp3) is 1.00. The quantitative estimate of drug-likeness (QED) is 0.675. The molecule has 0 amide bonds. The van der Waals surface area contributed by atoms with Crippen LogP contribution >= 0.6 is 0 Å². The number of rotatable bonds is 7. The van der Waals surface area contributed by atoms with Gasteiger partial charge in [-0.25, -0.2) is 0 Å². The lowest BCUT2D eigenvalue weighted by atomic mass is 10.1. The van der Waals surface area contributed by atoms with Crippen molar-refractivity contribution in [2.24, 2.45) is 0 Å². The molecule has 0 aromatic rings. The molecule has 1 fully saturated rings. The Labute approximate surface area is 89.1 Å². The lowest BCUT2D eigenvalue weighted by Crippen LogP contribution is -2.34. The molecule has 1 N–H and O–H groups in total. The standard InChI is InChI=1S/C12H26N2/c1-3-4-7-12(2)13-8-11-14-9-5-6-10-14/h12-13H,3-11H2,1-2H3. The molecule has 1 heterocycles. The Morgan fingerprint density at radius 1 is 1.29 bits per heavy atom. The molecule has 0 aromatic carbocycles. The third kappa shape index (κ3) is 4.97. The minimum absolute atomic E-state index is 0.706. The maximum Gasteiger partial charge on any atom is 0.0107 e. The molecule has 0 radical (unpaired) electrons. The summed E-state index contributed by atoms with van der Waals surface area (Å²) in [5.74, 6) is 0. The Hall–Kier alpha value is -0.0800. The molecule has 84 valence electrons.